The van der Waals surface area contributed by atoms with Crippen LogP contribution in [0.4, 0.5) is 27.8 Å². The van der Waals surface area contributed by atoms with Crippen molar-refractivity contribution in [2.24, 2.45) is 0 Å². The van der Waals surface area contributed by atoms with Gasteiger partial charge in [-0.1, -0.05) is 24.3 Å². The van der Waals surface area contributed by atoms with Crippen molar-refractivity contribution in [1.82, 2.24) is 10.3 Å². The number of hydrogen-bond donors (Lipinski definition) is 3. The van der Waals surface area contributed by atoms with E-state index in [-0.39, 0.29) is 12.8 Å². The Hall–Kier alpha value is -3.40. The van der Waals surface area contributed by atoms with Gasteiger partial charge in [0.25, 0.3) is 0 Å². The van der Waals surface area contributed by atoms with Crippen molar-refractivity contribution in [3.8, 4) is 5.75 Å². The molecule has 3 N–H and O–H groups in total. The number of aromatic amines is 1. The van der Waals surface area contributed by atoms with Gasteiger partial charge >= 0.3 is 6.18 Å². The number of aromatic nitrogens is 1. The number of pyridine rings is 1. The van der Waals surface area contributed by atoms with Crippen LogP contribution in [0.25, 0.3) is 0 Å². The van der Waals surface area contributed by atoms with Gasteiger partial charge in [-0.25, -0.2) is 8.78 Å². The monoisotopic (exact) mass is 479 g/mol. The van der Waals surface area contributed by atoms with E-state index in [4.69, 9.17) is 0 Å². The number of anilines is 1. The molecule has 1 atom stereocenters. The first kappa shape index (κ1) is 23.7. The van der Waals surface area contributed by atoms with E-state index in [1.54, 1.807) is 12.1 Å². The SMILES string of the molecule is C[C@@H](N(CNC1c2cccc(F)c2CCc2c(F)cccc21)c1[nH]ccc(=O)c1O)C(F)(F)F. The van der Waals surface area contributed by atoms with Crippen LogP contribution in [0, 0.1) is 11.6 Å². The molecule has 0 unspecified atom stereocenters. The fourth-order valence-electron chi connectivity index (χ4n) is 4.31. The highest BCUT2D eigenvalue weighted by molar-refractivity contribution is 5.52. The van der Waals surface area contributed by atoms with E-state index >= 15 is 0 Å². The maximum Gasteiger partial charge on any atom is 0.408 e. The summed E-state index contributed by atoms with van der Waals surface area (Å²) < 4.78 is 70.4. The molecule has 34 heavy (non-hydrogen) atoms. The Kier molecular flexibility index (Phi) is 6.35. The zero-order chi connectivity index (χ0) is 24.6. The van der Waals surface area contributed by atoms with Crippen LogP contribution >= 0.6 is 0 Å². The molecule has 4 rings (SSSR count). The molecule has 0 saturated heterocycles. The Bertz CT molecular complexity index is 1200. The van der Waals surface area contributed by atoms with E-state index in [1.165, 1.54) is 24.3 Å². The molecule has 2 aromatic carbocycles. The molecule has 1 aliphatic rings. The van der Waals surface area contributed by atoms with Crippen LogP contribution in [0.15, 0.2) is 53.5 Å². The van der Waals surface area contributed by atoms with Crippen LogP contribution in [-0.2, 0) is 12.8 Å². The van der Waals surface area contributed by atoms with E-state index in [9.17, 15) is 31.9 Å². The lowest BCUT2D eigenvalue weighted by Gasteiger charge is -2.34. The zero-order valence-corrected chi connectivity index (χ0v) is 18.1. The van der Waals surface area contributed by atoms with Crippen molar-refractivity contribution in [3.63, 3.8) is 0 Å². The maximum atomic E-state index is 14.6. The highest BCUT2D eigenvalue weighted by atomic mass is 19.4. The lowest BCUT2D eigenvalue weighted by Crippen LogP contribution is -2.49. The number of fused-ring (bicyclic) bond motifs is 2. The van der Waals surface area contributed by atoms with E-state index in [1.807, 2.05) is 0 Å². The molecular formula is C24H22F5N3O2. The molecule has 0 saturated carbocycles. The van der Waals surface area contributed by atoms with Crippen LogP contribution in [0.1, 0.15) is 35.2 Å². The Balaban J connectivity index is 1.78. The summed E-state index contributed by atoms with van der Waals surface area (Å²) in [6.45, 7) is 0.394. The molecule has 0 aliphatic heterocycles. The number of hydrogen-bond acceptors (Lipinski definition) is 4. The van der Waals surface area contributed by atoms with Crippen molar-refractivity contribution in [1.29, 1.82) is 0 Å². The molecule has 0 bridgehead atoms. The first-order chi connectivity index (χ1) is 16.1. The molecule has 0 radical (unpaired) electrons. The summed E-state index contributed by atoms with van der Waals surface area (Å²) in [5, 5.41) is 13.2. The van der Waals surface area contributed by atoms with Crippen molar-refractivity contribution in [3.05, 3.63) is 92.8 Å². The molecular weight excluding hydrogens is 457 g/mol. The quantitative estimate of drug-likeness (QED) is 0.371. The third-order valence-corrected chi connectivity index (χ3v) is 6.16. The molecule has 0 fully saturated rings. The summed E-state index contributed by atoms with van der Waals surface area (Å²) in [4.78, 5) is 15.2. The van der Waals surface area contributed by atoms with Crippen molar-refractivity contribution in [2.75, 3.05) is 11.6 Å². The van der Waals surface area contributed by atoms with Crippen LogP contribution in [0.2, 0.25) is 0 Å². The predicted molar refractivity (Wildman–Crippen MR) is 117 cm³/mol. The van der Waals surface area contributed by atoms with Gasteiger partial charge in [0.05, 0.1) is 12.7 Å². The first-order valence-electron chi connectivity index (χ1n) is 10.6. The second-order valence-corrected chi connectivity index (χ2v) is 8.14. The van der Waals surface area contributed by atoms with Gasteiger partial charge in [-0.2, -0.15) is 13.2 Å². The van der Waals surface area contributed by atoms with Crippen LogP contribution in [-0.4, -0.2) is 29.0 Å². The normalized spacial score (nSPS) is 14.8. The van der Waals surface area contributed by atoms with Gasteiger partial charge in [0.1, 0.15) is 17.7 Å². The molecule has 180 valence electrons. The van der Waals surface area contributed by atoms with E-state index in [2.05, 4.69) is 10.3 Å². The van der Waals surface area contributed by atoms with Crippen LogP contribution < -0.4 is 15.6 Å². The van der Waals surface area contributed by atoms with Gasteiger partial charge in [-0.05, 0) is 54.2 Å². The van der Waals surface area contributed by atoms with Gasteiger partial charge in [-0.3, -0.25) is 10.1 Å². The Labute approximate surface area is 191 Å². The highest BCUT2D eigenvalue weighted by Gasteiger charge is 2.42. The Morgan fingerprint density at radius 2 is 1.62 bits per heavy atom. The average Bonchev–Trinajstić information content (AvgIpc) is 2.94. The Morgan fingerprint density at radius 1 is 1.06 bits per heavy atom. The second kappa shape index (κ2) is 9.09. The first-order valence-corrected chi connectivity index (χ1v) is 10.6. The van der Waals surface area contributed by atoms with Gasteiger partial charge in [-0.15, -0.1) is 0 Å². The summed E-state index contributed by atoms with van der Waals surface area (Å²) in [5.74, 6) is -2.25. The molecule has 1 heterocycles. The smallest absolute Gasteiger partial charge is 0.408 e. The number of benzene rings is 2. The summed E-state index contributed by atoms with van der Waals surface area (Å²) in [7, 11) is 0. The average molecular weight is 479 g/mol. The molecule has 1 aromatic heterocycles. The van der Waals surface area contributed by atoms with Gasteiger partial charge in [0, 0.05) is 12.3 Å². The number of halogens is 5. The number of aromatic hydroxyl groups is 1. The standard InChI is InChI=1S/C24H22F5N3O2/c1-13(24(27,28)29)32(23-22(34)20(33)10-11-30-23)12-31-21-16-4-2-6-18(25)14(16)8-9-15-17(21)5-3-7-19(15)26/h2-7,10-11,13,21,31,34H,8-9,12H2,1H3,(H,30,33)/t13-/m1/s1. The number of nitrogens with zero attached hydrogens (tertiary/aromatic N) is 1. The fourth-order valence-corrected chi connectivity index (χ4v) is 4.31. The van der Waals surface area contributed by atoms with Crippen molar-refractivity contribution >= 4 is 5.82 Å². The minimum absolute atomic E-state index is 0.226. The summed E-state index contributed by atoms with van der Waals surface area (Å²) >= 11 is 0. The lowest BCUT2D eigenvalue weighted by molar-refractivity contribution is -0.145. The number of H-pyrrole nitrogens is 1. The van der Waals surface area contributed by atoms with Gasteiger partial charge in [0.2, 0.25) is 11.2 Å². The summed E-state index contributed by atoms with van der Waals surface area (Å²) in [6, 6.07) is 6.90. The second-order valence-electron chi connectivity index (χ2n) is 8.14. The fraction of sp³-hybridized carbons (Fsp3) is 0.292. The number of alkyl halides is 3. The van der Waals surface area contributed by atoms with Gasteiger partial charge in [0.15, 0.2) is 5.82 Å². The minimum atomic E-state index is -4.70. The molecule has 10 heteroatoms. The third-order valence-electron chi connectivity index (χ3n) is 6.16. The predicted octanol–water partition coefficient (Wildman–Crippen LogP) is 4.55. The van der Waals surface area contributed by atoms with Gasteiger partial charge < -0.3 is 15.0 Å². The number of nitrogens with one attached hydrogen (secondary N) is 2. The third kappa shape index (κ3) is 4.37. The number of rotatable bonds is 5. The molecule has 5 nitrogen and oxygen atoms in total. The highest BCUT2D eigenvalue weighted by Crippen LogP contribution is 2.36. The zero-order valence-electron chi connectivity index (χ0n) is 18.1. The molecule has 0 spiro atoms. The maximum absolute atomic E-state index is 14.6. The lowest BCUT2D eigenvalue weighted by atomic mass is 9.94. The summed E-state index contributed by atoms with van der Waals surface area (Å²) in [5.41, 5.74) is 0.816. The minimum Gasteiger partial charge on any atom is -0.502 e. The van der Waals surface area contributed by atoms with E-state index in [0.29, 0.717) is 22.3 Å². The van der Waals surface area contributed by atoms with Crippen molar-refractivity contribution in [2.45, 2.75) is 38.0 Å². The largest absolute Gasteiger partial charge is 0.502 e. The topological polar surface area (TPSA) is 68.4 Å². The van der Waals surface area contributed by atoms with E-state index < -0.39 is 53.6 Å². The molecule has 0 amide bonds. The summed E-state index contributed by atoms with van der Waals surface area (Å²) in [6.07, 6.45) is -3.11. The van der Waals surface area contributed by atoms with Crippen LogP contribution in [0.3, 0.4) is 0 Å². The molecule has 1 aliphatic carbocycles. The van der Waals surface area contributed by atoms with E-state index in [0.717, 1.165) is 24.1 Å². The van der Waals surface area contributed by atoms with Crippen LogP contribution in [0.5, 0.6) is 5.75 Å². The molecule has 3 aromatic rings. The Morgan fingerprint density at radius 3 is 2.15 bits per heavy atom. The van der Waals surface area contributed by atoms with Crippen molar-refractivity contribution < 1.29 is 27.1 Å².